The van der Waals surface area contributed by atoms with Crippen molar-refractivity contribution in [2.45, 2.75) is 25.2 Å². The molecule has 4 heteroatoms. The van der Waals surface area contributed by atoms with E-state index in [0.29, 0.717) is 0 Å². The maximum absolute atomic E-state index is 13.5. The SMILES string of the molecule is COc1ccc2c(c1)C1(CCN(CC=Cc3ccccc3)CC1)CN2C(=O)c1ccc(C)cc1. The van der Waals surface area contributed by atoms with Crippen molar-refractivity contribution in [3.05, 3.63) is 101 Å². The molecule has 0 radical (unpaired) electrons. The van der Waals surface area contributed by atoms with Crippen molar-refractivity contribution in [1.29, 1.82) is 0 Å². The van der Waals surface area contributed by atoms with Crippen LogP contribution in [0.25, 0.3) is 6.08 Å². The molecule has 0 atom stereocenters. The van der Waals surface area contributed by atoms with Crippen LogP contribution in [0.5, 0.6) is 5.75 Å². The van der Waals surface area contributed by atoms with Crippen LogP contribution >= 0.6 is 0 Å². The molecular formula is C30H32N2O2. The number of anilines is 1. The molecule has 0 unspecified atom stereocenters. The van der Waals surface area contributed by atoms with Gasteiger partial charge in [0.25, 0.3) is 5.91 Å². The van der Waals surface area contributed by atoms with Crippen LogP contribution in [0.2, 0.25) is 0 Å². The molecule has 34 heavy (non-hydrogen) atoms. The Labute approximate surface area is 202 Å². The molecule has 5 rings (SSSR count). The minimum absolute atomic E-state index is 0.0239. The number of benzene rings is 3. The summed E-state index contributed by atoms with van der Waals surface area (Å²) in [4.78, 5) is 18.0. The third kappa shape index (κ3) is 4.38. The van der Waals surface area contributed by atoms with Crippen molar-refractivity contribution in [3.8, 4) is 5.75 Å². The normalized spacial score (nSPS) is 17.3. The number of hydrogen-bond acceptors (Lipinski definition) is 3. The summed E-state index contributed by atoms with van der Waals surface area (Å²) < 4.78 is 5.56. The number of hydrogen-bond donors (Lipinski definition) is 0. The lowest BCUT2D eigenvalue weighted by Gasteiger charge is -2.39. The Morgan fingerprint density at radius 1 is 1.00 bits per heavy atom. The lowest BCUT2D eigenvalue weighted by molar-refractivity contribution is 0.0977. The van der Waals surface area contributed by atoms with Gasteiger partial charge >= 0.3 is 0 Å². The number of piperidine rings is 1. The van der Waals surface area contributed by atoms with Crippen molar-refractivity contribution in [2.24, 2.45) is 0 Å². The summed E-state index contributed by atoms with van der Waals surface area (Å²) in [6, 6.07) is 24.5. The molecule has 0 saturated carbocycles. The van der Waals surface area contributed by atoms with E-state index in [1.807, 2.05) is 48.2 Å². The molecule has 174 valence electrons. The third-order valence-corrected chi connectivity index (χ3v) is 7.36. The van der Waals surface area contributed by atoms with Gasteiger partial charge in [0.15, 0.2) is 0 Å². The lowest BCUT2D eigenvalue weighted by atomic mass is 9.74. The average Bonchev–Trinajstić information content (AvgIpc) is 3.19. The number of methoxy groups -OCH3 is 1. The van der Waals surface area contributed by atoms with E-state index >= 15 is 0 Å². The van der Waals surface area contributed by atoms with Crippen molar-refractivity contribution in [3.63, 3.8) is 0 Å². The number of carbonyl (C=O) groups excluding carboxylic acids is 1. The molecule has 1 fully saturated rings. The summed E-state index contributed by atoms with van der Waals surface area (Å²) in [5.74, 6) is 0.937. The van der Waals surface area contributed by atoms with Crippen LogP contribution in [0.15, 0.2) is 78.9 Å². The quantitative estimate of drug-likeness (QED) is 0.497. The van der Waals surface area contributed by atoms with Gasteiger partial charge in [-0.1, -0.05) is 60.2 Å². The van der Waals surface area contributed by atoms with Crippen molar-refractivity contribution in [2.75, 3.05) is 38.2 Å². The monoisotopic (exact) mass is 452 g/mol. The van der Waals surface area contributed by atoms with Gasteiger partial charge in [-0.2, -0.15) is 0 Å². The zero-order valence-corrected chi connectivity index (χ0v) is 20.0. The predicted octanol–water partition coefficient (Wildman–Crippen LogP) is 5.71. The minimum atomic E-state index is -0.0239. The smallest absolute Gasteiger partial charge is 0.258 e. The zero-order valence-electron chi connectivity index (χ0n) is 20.0. The van der Waals surface area contributed by atoms with E-state index in [-0.39, 0.29) is 11.3 Å². The number of aryl methyl sites for hydroxylation is 1. The fraction of sp³-hybridized carbons (Fsp3) is 0.300. The molecule has 0 aromatic heterocycles. The Morgan fingerprint density at radius 2 is 1.74 bits per heavy atom. The third-order valence-electron chi connectivity index (χ3n) is 7.36. The van der Waals surface area contributed by atoms with Gasteiger partial charge in [-0.3, -0.25) is 9.69 Å². The maximum Gasteiger partial charge on any atom is 0.258 e. The number of carbonyl (C=O) groups is 1. The van der Waals surface area contributed by atoms with E-state index < -0.39 is 0 Å². The number of fused-ring (bicyclic) bond motifs is 2. The predicted molar refractivity (Wildman–Crippen MR) is 139 cm³/mol. The zero-order chi connectivity index (χ0) is 23.5. The molecular weight excluding hydrogens is 420 g/mol. The fourth-order valence-electron chi connectivity index (χ4n) is 5.30. The minimum Gasteiger partial charge on any atom is -0.497 e. The second-order valence-corrected chi connectivity index (χ2v) is 9.53. The molecule has 4 nitrogen and oxygen atoms in total. The molecule has 1 amide bonds. The first-order valence-electron chi connectivity index (χ1n) is 12.1. The first kappa shape index (κ1) is 22.4. The van der Waals surface area contributed by atoms with Crippen molar-refractivity contribution in [1.82, 2.24) is 4.90 Å². The van der Waals surface area contributed by atoms with Gasteiger partial charge in [-0.25, -0.2) is 0 Å². The highest BCUT2D eigenvalue weighted by atomic mass is 16.5. The van der Waals surface area contributed by atoms with Gasteiger partial charge in [0.05, 0.1) is 7.11 Å². The van der Waals surface area contributed by atoms with Gasteiger partial charge < -0.3 is 9.64 Å². The molecule has 0 aliphatic carbocycles. The van der Waals surface area contributed by atoms with E-state index in [9.17, 15) is 4.79 Å². The molecule has 0 N–H and O–H groups in total. The fourth-order valence-corrected chi connectivity index (χ4v) is 5.30. The Balaban J connectivity index is 1.34. The summed E-state index contributed by atoms with van der Waals surface area (Å²) in [5, 5.41) is 0. The highest BCUT2D eigenvalue weighted by molar-refractivity contribution is 6.07. The Hall–Kier alpha value is -3.37. The van der Waals surface area contributed by atoms with Crippen molar-refractivity contribution < 1.29 is 9.53 Å². The van der Waals surface area contributed by atoms with Gasteiger partial charge in [0, 0.05) is 29.8 Å². The molecule has 2 heterocycles. The Kier molecular flexibility index (Phi) is 6.25. The van der Waals surface area contributed by atoms with Crippen LogP contribution in [0, 0.1) is 6.92 Å². The number of ether oxygens (including phenoxy) is 1. The maximum atomic E-state index is 13.5. The summed E-state index contributed by atoms with van der Waals surface area (Å²) in [6.45, 7) is 5.76. The topological polar surface area (TPSA) is 32.8 Å². The second kappa shape index (κ2) is 9.47. The van der Waals surface area contributed by atoms with Gasteiger partial charge in [-0.05, 0) is 74.3 Å². The molecule has 3 aromatic carbocycles. The van der Waals surface area contributed by atoms with Gasteiger partial charge in [-0.15, -0.1) is 0 Å². The molecule has 2 aliphatic heterocycles. The van der Waals surface area contributed by atoms with Gasteiger partial charge in [0.1, 0.15) is 5.75 Å². The number of amides is 1. The number of nitrogens with zero attached hydrogens (tertiary/aromatic N) is 2. The van der Waals surface area contributed by atoms with Gasteiger partial charge in [0.2, 0.25) is 0 Å². The van der Waals surface area contributed by atoms with Crippen LogP contribution in [0.4, 0.5) is 5.69 Å². The van der Waals surface area contributed by atoms with Crippen LogP contribution in [-0.4, -0.2) is 44.1 Å². The molecule has 1 spiro atoms. The molecule has 3 aromatic rings. The highest BCUT2D eigenvalue weighted by Crippen LogP contribution is 2.48. The Bertz CT molecular complexity index is 1180. The van der Waals surface area contributed by atoms with E-state index in [2.05, 4.69) is 53.5 Å². The van der Waals surface area contributed by atoms with Crippen molar-refractivity contribution >= 4 is 17.7 Å². The lowest BCUT2D eigenvalue weighted by Crippen LogP contribution is -2.46. The van der Waals surface area contributed by atoms with E-state index in [1.54, 1.807) is 7.11 Å². The molecule has 2 aliphatic rings. The number of rotatable bonds is 5. The van der Waals surface area contributed by atoms with E-state index in [1.165, 1.54) is 11.1 Å². The largest absolute Gasteiger partial charge is 0.497 e. The van der Waals surface area contributed by atoms with E-state index in [4.69, 9.17) is 4.74 Å². The summed E-state index contributed by atoms with van der Waals surface area (Å²) in [5.41, 5.74) is 5.40. The number of likely N-dealkylation sites (tertiary alicyclic amines) is 1. The Morgan fingerprint density at radius 3 is 2.44 bits per heavy atom. The summed E-state index contributed by atoms with van der Waals surface area (Å²) in [7, 11) is 1.71. The molecule has 0 bridgehead atoms. The van der Waals surface area contributed by atoms with E-state index in [0.717, 1.165) is 61.6 Å². The average molecular weight is 453 g/mol. The first-order valence-corrected chi connectivity index (χ1v) is 12.1. The second-order valence-electron chi connectivity index (χ2n) is 9.53. The first-order chi connectivity index (χ1) is 16.6. The highest BCUT2D eigenvalue weighted by Gasteiger charge is 2.46. The summed E-state index contributed by atoms with van der Waals surface area (Å²) >= 11 is 0. The standard InChI is InChI=1S/C30H32N2O2/c1-23-10-12-25(13-11-23)29(33)32-22-30(27-21-26(34-2)14-15-28(27)32)16-19-31(20-17-30)18-6-9-24-7-4-3-5-8-24/h3-15,21H,16-20,22H2,1-2H3. The van der Waals surface area contributed by atoms with Crippen LogP contribution in [0.1, 0.15) is 39.9 Å². The molecule has 1 saturated heterocycles. The van der Waals surface area contributed by atoms with Crippen LogP contribution in [0.3, 0.4) is 0 Å². The van der Waals surface area contributed by atoms with Crippen LogP contribution < -0.4 is 9.64 Å². The summed E-state index contributed by atoms with van der Waals surface area (Å²) in [6.07, 6.45) is 6.52. The van der Waals surface area contributed by atoms with Crippen LogP contribution in [-0.2, 0) is 5.41 Å².